The van der Waals surface area contributed by atoms with Crippen molar-refractivity contribution in [2.45, 2.75) is 25.8 Å². The monoisotopic (exact) mass is 411 g/mol. The quantitative estimate of drug-likeness (QED) is 0.713. The number of benzene rings is 2. The Bertz CT molecular complexity index is 947. The van der Waals surface area contributed by atoms with Crippen molar-refractivity contribution in [3.05, 3.63) is 66.0 Å². The van der Waals surface area contributed by atoms with Crippen LogP contribution in [0.2, 0.25) is 0 Å². The highest BCUT2D eigenvalue weighted by Gasteiger charge is 2.26. The first-order valence-electron chi connectivity index (χ1n) is 9.72. The van der Waals surface area contributed by atoms with E-state index in [4.69, 9.17) is 0 Å². The summed E-state index contributed by atoms with van der Waals surface area (Å²) in [7, 11) is 1.97. The Morgan fingerprint density at radius 1 is 1.00 bits per heavy atom. The number of amides is 1. The third-order valence-electron chi connectivity index (χ3n) is 5.51. The molecule has 1 aromatic heterocycles. The molecule has 0 unspecified atom stereocenters. The molecule has 0 radical (unpaired) electrons. The number of nitrogens with one attached hydrogen (secondary N) is 1. The summed E-state index contributed by atoms with van der Waals surface area (Å²) in [5, 5.41) is 11.7. The van der Waals surface area contributed by atoms with E-state index in [-0.39, 0.29) is 18.3 Å². The van der Waals surface area contributed by atoms with Crippen molar-refractivity contribution in [2.75, 3.05) is 20.1 Å². The predicted octanol–water partition coefficient (Wildman–Crippen LogP) is 3.49. The molecule has 7 heteroatoms. The summed E-state index contributed by atoms with van der Waals surface area (Å²) in [5.41, 5.74) is 4.43. The Morgan fingerprint density at radius 2 is 1.62 bits per heavy atom. The second-order valence-corrected chi connectivity index (χ2v) is 7.20. The average molecular weight is 412 g/mol. The van der Waals surface area contributed by atoms with Crippen LogP contribution in [0.1, 0.15) is 29.0 Å². The number of aromatic nitrogens is 3. The van der Waals surface area contributed by atoms with Gasteiger partial charge in [0.05, 0.1) is 11.4 Å². The summed E-state index contributed by atoms with van der Waals surface area (Å²) in [6.45, 7) is 3.41. The lowest BCUT2D eigenvalue weighted by Crippen LogP contribution is -2.44. The van der Waals surface area contributed by atoms with Crippen LogP contribution < -0.4 is 5.32 Å². The molecule has 1 N–H and O–H groups in total. The molecule has 1 amide bonds. The van der Waals surface area contributed by atoms with Crippen molar-refractivity contribution in [2.24, 2.45) is 0 Å². The fraction of sp³-hybridized carbons (Fsp3) is 0.318. The Hall–Kier alpha value is -2.70. The van der Waals surface area contributed by atoms with Gasteiger partial charge in [0, 0.05) is 19.1 Å². The van der Waals surface area contributed by atoms with Crippen LogP contribution in [-0.2, 0) is 0 Å². The molecule has 0 spiro atoms. The molecular weight excluding hydrogens is 386 g/mol. The van der Waals surface area contributed by atoms with Gasteiger partial charge in [0.25, 0.3) is 5.91 Å². The van der Waals surface area contributed by atoms with Crippen LogP contribution in [0.15, 0.2) is 54.6 Å². The molecule has 1 aliphatic rings. The highest BCUT2D eigenvalue weighted by Crippen LogP contribution is 2.22. The predicted molar refractivity (Wildman–Crippen MR) is 117 cm³/mol. The molecule has 0 atom stereocenters. The summed E-state index contributed by atoms with van der Waals surface area (Å²) < 4.78 is 1.74. The van der Waals surface area contributed by atoms with Gasteiger partial charge in [-0.05, 0) is 50.1 Å². The zero-order valence-electron chi connectivity index (χ0n) is 16.7. The molecule has 0 aliphatic carbocycles. The van der Waals surface area contributed by atoms with Gasteiger partial charge < -0.3 is 10.2 Å². The first kappa shape index (κ1) is 21.0. The van der Waals surface area contributed by atoms with E-state index in [1.165, 1.54) is 5.56 Å². The van der Waals surface area contributed by atoms with Crippen LogP contribution in [0.25, 0.3) is 16.8 Å². The lowest BCUT2D eigenvalue weighted by molar-refractivity contribution is 0.0700. The number of halogens is 1. The molecule has 3 aromatic rings. The van der Waals surface area contributed by atoms with Crippen molar-refractivity contribution in [1.82, 2.24) is 25.2 Å². The normalized spacial score (nSPS) is 14.5. The van der Waals surface area contributed by atoms with Crippen molar-refractivity contribution in [1.29, 1.82) is 0 Å². The maximum atomic E-state index is 12.9. The van der Waals surface area contributed by atoms with Crippen molar-refractivity contribution < 1.29 is 4.79 Å². The molecule has 4 rings (SSSR count). The van der Waals surface area contributed by atoms with Crippen molar-refractivity contribution in [3.8, 4) is 16.8 Å². The first-order chi connectivity index (χ1) is 13.7. The van der Waals surface area contributed by atoms with Crippen LogP contribution in [0.3, 0.4) is 0 Å². The highest BCUT2D eigenvalue weighted by molar-refractivity contribution is 5.93. The number of hydrogen-bond donors (Lipinski definition) is 1. The van der Waals surface area contributed by atoms with Crippen molar-refractivity contribution in [3.63, 3.8) is 0 Å². The minimum absolute atomic E-state index is 0. The second kappa shape index (κ2) is 9.20. The number of piperidine rings is 1. The Kier molecular flexibility index (Phi) is 6.67. The molecular formula is C22H26ClN5O. The average Bonchev–Trinajstić information content (AvgIpc) is 3.15. The summed E-state index contributed by atoms with van der Waals surface area (Å²) in [6, 6.07) is 18.9. The maximum absolute atomic E-state index is 12.9. The number of hydrogen-bond acceptors (Lipinski definition) is 4. The van der Waals surface area contributed by atoms with E-state index in [0.29, 0.717) is 11.7 Å². The molecule has 2 heterocycles. The molecule has 152 valence electrons. The first-order valence-corrected chi connectivity index (χ1v) is 9.72. The van der Waals surface area contributed by atoms with Crippen LogP contribution >= 0.6 is 12.4 Å². The Balaban J connectivity index is 0.00000240. The van der Waals surface area contributed by atoms with Gasteiger partial charge in [-0.1, -0.05) is 47.7 Å². The van der Waals surface area contributed by atoms with E-state index in [1.807, 2.05) is 49.2 Å². The Morgan fingerprint density at radius 3 is 2.24 bits per heavy atom. The number of likely N-dealkylation sites (tertiary alicyclic amines) is 1. The zero-order chi connectivity index (χ0) is 19.5. The number of nitrogens with zero attached hydrogens (tertiary/aromatic N) is 4. The van der Waals surface area contributed by atoms with Gasteiger partial charge in [0.2, 0.25) is 0 Å². The minimum atomic E-state index is -0.0285. The van der Waals surface area contributed by atoms with E-state index in [2.05, 4.69) is 39.9 Å². The minimum Gasteiger partial charge on any atom is -0.337 e. The maximum Gasteiger partial charge on any atom is 0.276 e. The molecule has 6 nitrogen and oxygen atoms in total. The van der Waals surface area contributed by atoms with Gasteiger partial charge in [0.1, 0.15) is 0 Å². The van der Waals surface area contributed by atoms with Gasteiger partial charge in [-0.3, -0.25) is 4.79 Å². The lowest BCUT2D eigenvalue weighted by Gasteiger charge is -2.31. The number of carbonyl (C=O) groups is 1. The van der Waals surface area contributed by atoms with E-state index in [0.717, 1.165) is 42.9 Å². The summed E-state index contributed by atoms with van der Waals surface area (Å²) in [6.07, 6.45) is 1.94. The molecule has 0 bridgehead atoms. The lowest BCUT2D eigenvalue weighted by atomic mass is 10.0. The third kappa shape index (κ3) is 4.33. The molecule has 1 fully saturated rings. The van der Waals surface area contributed by atoms with E-state index >= 15 is 0 Å². The fourth-order valence-corrected chi connectivity index (χ4v) is 3.72. The summed E-state index contributed by atoms with van der Waals surface area (Å²) >= 11 is 0. The van der Waals surface area contributed by atoms with E-state index < -0.39 is 0 Å². The molecule has 1 saturated heterocycles. The summed E-state index contributed by atoms with van der Waals surface area (Å²) in [5.74, 6) is -0.0285. The van der Waals surface area contributed by atoms with Crippen LogP contribution in [0.4, 0.5) is 0 Å². The topological polar surface area (TPSA) is 63.1 Å². The molecule has 1 aliphatic heterocycles. The van der Waals surface area contributed by atoms with E-state index in [1.54, 1.807) is 4.68 Å². The number of rotatable bonds is 4. The summed E-state index contributed by atoms with van der Waals surface area (Å²) in [4.78, 5) is 14.8. The molecule has 2 aromatic carbocycles. The van der Waals surface area contributed by atoms with Crippen LogP contribution in [0, 0.1) is 6.92 Å². The largest absolute Gasteiger partial charge is 0.337 e. The van der Waals surface area contributed by atoms with Gasteiger partial charge in [-0.25, -0.2) is 4.68 Å². The molecule has 29 heavy (non-hydrogen) atoms. The van der Waals surface area contributed by atoms with Crippen molar-refractivity contribution >= 4 is 18.3 Å². The SMILES string of the molecule is CNC1CCN(C(=O)c2nnn(-c3ccc(-c4ccccc4)cc3)c2C)CC1.Cl. The number of carbonyl (C=O) groups excluding carboxylic acids is 1. The standard InChI is InChI=1S/C22H25N5O.ClH/c1-16-21(22(28)26-14-12-19(23-2)13-15-26)24-25-27(16)20-10-8-18(9-11-20)17-6-4-3-5-7-17;/h3-11,19,23H,12-15H2,1-2H3;1H. The van der Waals surface area contributed by atoms with E-state index in [9.17, 15) is 4.79 Å². The molecule has 0 saturated carbocycles. The highest BCUT2D eigenvalue weighted by atomic mass is 35.5. The zero-order valence-corrected chi connectivity index (χ0v) is 17.5. The van der Waals surface area contributed by atoms with Crippen LogP contribution in [0.5, 0.6) is 0 Å². The van der Waals surface area contributed by atoms with Gasteiger partial charge in [0.15, 0.2) is 5.69 Å². The van der Waals surface area contributed by atoms with Gasteiger partial charge in [-0.15, -0.1) is 17.5 Å². The second-order valence-electron chi connectivity index (χ2n) is 7.20. The van der Waals surface area contributed by atoms with Crippen LogP contribution in [-0.4, -0.2) is 52.0 Å². The Labute approximate surface area is 177 Å². The third-order valence-corrected chi connectivity index (χ3v) is 5.51. The van der Waals surface area contributed by atoms with Gasteiger partial charge >= 0.3 is 0 Å². The van der Waals surface area contributed by atoms with Gasteiger partial charge in [-0.2, -0.15) is 0 Å². The fourth-order valence-electron chi connectivity index (χ4n) is 3.72. The smallest absolute Gasteiger partial charge is 0.276 e.